The van der Waals surface area contributed by atoms with Crippen LogP contribution in [0.1, 0.15) is 34.5 Å². The Morgan fingerprint density at radius 3 is 2.86 bits per heavy atom. The van der Waals surface area contributed by atoms with E-state index in [4.69, 9.17) is 5.73 Å². The van der Waals surface area contributed by atoms with Crippen molar-refractivity contribution in [1.29, 1.82) is 0 Å². The quantitative estimate of drug-likeness (QED) is 0.326. The number of carbonyl (C=O) groups is 2. The van der Waals surface area contributed by atoms with E-state index in [1.54, 1.807) is 6.20 Å². The summed E-state index contributed by atoms with van der Waals surface area (Å²) in [5, 5.41) is 11.9. The van der Waals surface area contributed by atoms with Crippen molar-refractivity contribution >= 4 is 39.4 Å². The average molecular weight is 538 g/mol. The van der Waals surface area contributed by atoms with E-state index in [0.29, 0.717) is 17.9 Å². The summed E-state index contributed by atoms with van der Waals surface area (Å²) in [6, 6.07) is 13.0. The molecule has 2 aromatic carbocycles. The number of anilines is 2. The molecule has 9 nitrogen and oxygen atoms in total. The average Bonchev–Trinajstić information content (AvgIpc) is 2.83. The molecule has 10 heteroatoms. The second kappa shape index (κ2) is 11.3. The molecule has 182 valence electrons. The SMILES string of the molecule is Cc1cc(Br)cc(NC(=O)NCc2cccc(-c3cnc(N)c(C(=O)NC4CCCNC4)n3)c2)c1. The maximum Gasteiger partial charge on any atom is 0.319 e. The van der Waals surface area contributed by atoms with Gasteiger partial charge in [0.25, 0.3) is 5.91 Å². The van der Waals surface area contributed by atoms with E-state index < -0.39 is 0 Å². The van der Waals surface area contributed by atoms with E-state index in [-0.39, 0.29) is 29.5 Å². The fourth-order valence-electron chi connectivity index (χ4n) is 3.94. The van der Waals surface area contributed by atoms with Crippen molar-refractivity contribution in [3.63, 3.8) is 0 Å². The Hall–Kier alpha value is -3.50. The van der Waals surface area contributed by atoms with Gasteiger partial charge in [0.15, 0.2) is 11.5 Å². The molecule has 1 aliphatic heterocycles. The van der Waals surface area contributed by atoms with Crippen LogP contribution in [0.2, 0.25) is 0 Å². The lowest BCUT2D eigenvalue weighted by Gasteiger charge is -2.23. The number of nitrogens with zero attached hydrogens (tertiary/aromatic N) is 2. The first kappa shape index (κ1) is 24.6. The minimum absolute atomic E-state index is 0.0440. The lowest BCUT2D eigenvalue weighted by atomic mass is 10.1. The Balaban J connectivity index is 1.42. The van der Waals surface area contributed by atoms with Crippen LogP contribution in [0.5, 0.6) is 0 Å². The molecule has 0 aliphatic carbocycles. The molecule has 1 aromatic heterocycles. The monoisotopic (exact) mass is 537 g/mol. The largest absolute Gasteiger partial charge is 0.382 e. The number of hydrogen-bond acceptors (Lipinski definition) is 6. The van der Waals surface area contributed by atoms with Crippen molar-refractivity contribution in [3.05, 3.63) is 70.0 Å². The van der Waals surface area contributed by atoms with Crippen LogP contribution < -0.4 is 27.0 Å². The standard InChI is InChI=1S/C25H28BrN7O2/c1-15-8-18(26)11-20(9-15)32-25(35)30-12-16-4-2-5-17(10-16)21-14-29-23(27)22(33-21)24(34)31-19-6-3-7-28-13-19/h2,4-5,8-11,14,19,28H,3,6-7,12-13H2,1H3,(H2,27,29)(H,31,34)(H2,30,32,35). The summed E-state index contributed by atoms with van der Waals surface area (Å²) >= 11 is 3.43. The molecule has 1 aliphatic rings. The van der Waals surface area contributed by atoms with Gasteiger partial charge in [0, 0.05) is 34.9 Å². The van der Waals surface area contributed by atoms with E-state index in [0.717, 1.165) is 47.1 Å². The van der Waals surface area contributed by atoms with Crippen LogP contribution in [-0.2, 0) is 6.54 Å². The highest BCUT2D eigenvalue weighted by molar-refractivity contribution is 9.10. The number of aromatic nitrogens is 2. The van der Waals surface area contributed by atoms with Crippen LogP contribution in [-0.4, -0.2) is 41.0 Å². The number of halogens is 1. The number of hydrogen-bond donors (Lipinski definition) is 5. The Morgan fingerprint density at radius 2 is 2.09 bits per heavy atom. The van der Waals surface area contributed by atoms with Gasteiger partial charge in [-0.1, -0.05) is 34.1 Å². The topological polar surface area (TPSA) is 134 Å². The summed E-state index contributed by atoms with van der Waals surface area (Å²) in [5.41, 5.74) is 9.99. The van der Waals surface area contributed by atoms with Gasteiger partial charge in [-0.25, -0.2) is 14.8 Å². The summed E-state index contributed by atoms with van der Waals surface area (Å²) in [6.07, 6.45) is 3.46. The molecule has 4 rings (SSSR count). The molecule has 0 spiro atoms. The summed E-state index contributed by atoms with van der Waals surface area (Å²) in [7, 11) is 0. The number of urea groups is 1. The minimum atomic E-state index is -0.331. The molecule has 1 atom stereocenters. The van der Waals surface area contributed by atoms with Crippen LogP contribution in [0.25, 0.3) is 11.3 Å². The van der Waals surface area contributed by atoms with Crippen molar-refractivity contribution in [2.75, 3.05) is 24.1 Å². The molecule has 6 N–H and O–H groups in total. The smallest absolute Gasteiger partial charge is 0.319 e. The molecule has 35 heavy (non-hydrogen) atoms. The fourth-order valence-corrected chi connectivity index (χ4v) is 4.55. The van der Waals surface area contributed by atoms with E-state index >= 15 is 0 Å². The fraction of sp³-hybridized carbons (Fsp3) is 0.280. The Morgan fingerprint density at radius 1 is 1.23 bits per heavy atom. The molecule has 0 bridgehead atoms. The molecule has 2 heterocycles. The first-order valence-corrected chi connectivity index (χ1v) is 12.2. The molecular formula is C25H28BrN7O2. The highest BCUT2D eigenvalue weighted by atomic mass is 79.9. The molecule has 0 saturated carbocycles. The Kier molecular flexibility index (Phi) is 7.94. The predicted octanol–water partition coefficient (Wildman–Crippen LogP) is 3.60. The van der Waals surface area contributed by atoms with Gasteiger partial charge in [-0.3, -0.25) is 4.79 Å². The minimum Gasteiger partial charge on any atom is -0.382 e. The van der Waals surface area contributed by atoms with E-state index in [1.165, 1.54) is 0 Å². The zero-order valence-corrected chi connectivity index (χ0v) is 21.0. The van der Waals surface area contributed by atoms with Crippen molar-refractivity contribution in [1.82, 2.24) is 25.9 Å². The molecule has 1 saturated heterocycles. The lowest BCUT2D eigenvalue weighted by molar-refractivity contribution is 0.0926. The first-order valence-electron chi connectivity index (χ1n) is 11.4. The lowest BCUT2D eigenvalue weighted by Crippen LogP contribution is -2.46. The highest BCUT2D eigenvalue weighted by Gasteiger charge is 2.20. The van der Waals surface area contributed by atoms with Gasteiger partial charge in [0.05, 0.1) is 11.9 Å². The van der Waals surface area contributed by atoms with Crippen LogP contribution in [0, 0.1) is 6.92 Å². The number of carbonyl (C=O) groups excluding carboxylic acids is 2. The zero-order chi connectivity index (χ0) is 24.8. The molecule has 1 fully saturated rings. The number of benzene rings is 2. The first-order chi connectivity index (χ1) is 16.9. The van der Waals surface area contributed by atoms with Crippen molar-refractivity contribution in [3.8, 4) is 11.3 Å². The number of piperidine rings is 1. The van der Waals surface area contributed by atoms with Crippen LogP contribution >= 0.6 is 15.9 Å². The van der Waals surface area contributed by atoms with Gasteiger partial charge in [-0.05, 0) is 61.7 Å². The third-order valence-electron chi connectivity index (χ3n) is 5.62. The molecule has 3 amide bonds. The van der Waals surface area contributed by atoms with Crippen LogP contribution in [0.4, 0.5) is 16.3 Å². The maximum atomic E-state index is 12.8. The summed E-state index contributed by atoms with van der Waals surface area (Å²) in [5.74, 6) is -0.241. The molecule has 1 unspecified atom stereocenters. The zero-order valence-electron chi connectivity index (χ0n) is 19.4. The van der Waals surface area contributed by atoms with E-state index in [9.17, 15) is 9.59 Å². The number of amides is 3. The van der Waals surface area contributed by atoms with Gasteiger partial charge < -0.3 is 27.0 Å². The molecular weight excluding hydrogens is 510 g/mol. The van der Waals surface area contributed by atoms with Gasteiger partial charge in [0.1, 0.15) is 0 Å². The number of aryl methyl sites for hydroxylation is 1. The van der Waals surface area contributed by atoms with Gasteiger partial charge in [0.2, 0.25) is 0 Å². The Bertz CT molecular complexity index is 1210. The van der Waals surface area contributed by atoms with E-state index in [2.05, 4.69) is 47.2 Å². The van der Waals surface area contributed by atoms with Crippen molar-refractivity contribution < 1.29 is 9.59 Å². The predicted molar refractivity (Wildman–Crippen MR) is 140 cm³/mol. The number of rotatable bonds is 6. The second-order valence-electron chi connectivity index (χ2n) is 8.53. The third kappa shape index (κ3) is 6.77. The number of nitrogen functional groups attached to an aromatic ring is 1. The van der Waals surface area contributed by atoms with Crippen LogP contribution in [0.15, 0.2) is 53.1 Å². The van der Waals surface area contributed by atoms with Gasteiger partial charge >= 0.3 is 6.03 Å². The normalized spacial score (nSPS) is 15.3. The number of nitrogens with one attached hydrogen (secondary N) is 4. The Labute approximate surface area is 212 Å². The van der Waals surface area contributed by atoms with Crippen molar-refractivity contribution in [2.45, 2.75) is 32.4 Å². The summed E-state index contributed by atoms with van der Waals surface area (Å²) in [6.45, 7) is 3.96. The van der Waals surface area contributed by atoms with E-state index in [1.807, 2.05) is 49.4 Å². The highest BCUT2D eigenvalue weighted by Crippen LogP contribution is 2.21. The summed E-state index contributed by atoms with van der Waals surface area (Å²) < 4.78 is 0.897. The maximum absolute atomic E-state index is 12.8. The van der Waals surface area contributed by atoms with Crippen molar-refractivity contribution in [2.24, 2.45) is 0 Å². The van der Waals surface area contributed by atoms with Gasteiger partial charge in [-0.2, -0.15) is 0 Å². The third-order valence-corrected chi connectivity index (χ3v) is 6.08. The number of nitrogens with two attached hydrogens (primary N) is 1. The molecule has 3 aromatic rings. The van der Waals surface area contributed by atoms with Gasteiger partial charge in [-0.15, -0.1) is 0 Å². The summed E-state index contributed by atoms with van der Waals surface area (Å²) in [4.78, 5) is 33.8. The van der Waals surface area contributed by atoms with Crippen LogP contribution in [0.3, 0.4) is 0 Å². The molecule has 0 radical (unpaired) electrons. The second-order valence-corrected chi connectivity index (χ2v) is 9.45.